The second-order valence-corrected chi connectivity index (χ2v) is 7.75. The first-order valence-corrected chi connectivity index (χ1v) is 8.62. The molecule has 1 fully saturated rings. The van der Waals surface area contributed by atoms with E-state index in [1.807, 2.05) is 20.8 Å². The monoisotopic (exact) mass is 352 g/mol. The number of nitrogens with two attached hydrogens (primary N) is 1. The highest BCUT2D eigenvalue weighted by Crippen LogP contribution is 2.40. The average Bonchev–Trinajstić information content (AvgIpc) is 2.55. The number of anilines is 1. The van der Waals surface area contributed by atoms with E-state index in [0.29, 0.717) is 23.2 Å². The summed E-state index contributed by atoms with van der Waals surface area (Å²) in [6.07, 6.45) is 2.29. The maximum Gasteiger partial charge on any atom is 0.278 e. The van der Waals surface area contributed by atoms with E-state index in [1.165, 1.54) is 6.08 Å². The lowest BCUT2D eigenvalue weighted by atomic mass is 9.76. The van der Waals surface area contributed by atoms with Crippen molar-refractivity contribution < 1.29 is 8.78 Å². The van der Waals surface area contributed by atoms with Crippen LogP contribution in [0.5, 0.6) is 0 Å². The van der Waals surface area contributed by atoms with Crippen LogP contribution in [0.2, 0.25) is 0 Å². The number of alkyl halides is 2. The quantitative estimate of drug-likeness (QED) is 0.666. The molecule has 1 atom stereocenters. The summed E-state index contributed by atoms with van der Waals surface area (Å²) in [5.74, 6) is 0.487. The minimum Gasteiger partial charge on any atom is -0.361 e. The van der Waals surface area contributed by atoms with Gasteiger partial charge in [-0.25, -0.2) is 18.7 Å². The van der Waals surface area contributed by atoms with Crippen molar-refractivity contribution in [2.75, 3.05) is 18.4 Å². The van der Waals surface area contributed by atoms with E-state index in [9.17, 15) is 8.78 Å². The van der Waals surface area contributed by atoms with Gasteiger partial charge in [0.1, 0.15) is 5.66 Å². The van der Waals surface area contributed by atoms with Crippen LogP contribution in [0.15, 0.2) is 11.9 Å². The van der Waals surface area contributed by atoms with Crippen molar-refractivity contribution in [3.8, 4) is 0 Å². The molecule has 1 saturated heterocycles. The number of piperidine rings is 1. The highest BCUT2D eigenvalue weighted by molar-refractivity contribution is 5.60. The molecule has 0 aliphatic carbocycles. The first-order valence-electron chi connectivity index (χ1n) is 8.62. The molecule has 0 bridgehead atoms. The van der Waals surface area contributed by atoms with Gasteiger partial charge in [0.25, 0.3) is 6.43 Å². The highest BCUT2D eigenvalue weighted by Gasteiger charge is 2.46. The van der Waals surface area contributed by atoms with E-state index in [-0.39, 0.29) is 5.70 Å². The topological polar surface area (TPSA) is 87.9 Å². The summed E-state index contributed by atoms with van der Waals surface area (Å²) < 4.78 is 26.6. The van der Waals surface area contributed by atoms with Crippen LogP contribution in [-0.4, -0.2) is 35.5 Å². The third-order valence-electron chi connectivity index (χ3n) is 4.93. The molecule has 5 N–H and O–H groups in total. The van der Waals surface area contributed by atoms with Crippen LogP contribution >= 0.6 is 0 Å². The molecule has 1 unspecified atom stereocenters. The summed E-state index contributed by atoms with van der Waals surface area (Å²) in [7, 11) is 0. The van der Waals surface area contributed by atoms with Gasteiger partial charge in [-0.3, -0.25) is 0 Å². The Labute approximate surface area is 146 Å². The molecule has 0 amide bonds. The van der Waals surface area contributed by atoms with Gasteiger partial charge in [-0.2, -0.15) is 0 Å². The molecule has 6 nitrogen and oxygen atoms in total. The third kappa shape index (κ3) is 3.46. The lowest BCUT2D eigenvalue weighted by Crippen LogP contribution is -2.61. The zero-order chi connectivity index (χ0) is 18.2. The number of aromatic nitrogens is 2. The fourth-order valence-electron chi connectivity index (χ4n) is 3.18. The Morgan fingerprint density at radius 1 is 1.32 bits per heavy atom. The van der Waals surface area contributed by atoms with Crippen LogP contribution < -0.4 is 21.7 Å². The summed E-state index contributed by atoms with van der Waals surface area (Å²) in [5, 5.41) is 9.47. The van der Waals surface area contributed by atoms with E-state index in [4.69, 9.17) is 5.73 Å². The maximum atomic E-state index is 13.3. The summed E-state index contributed by atoms with van der Waals surface area (Å²) in [5.41, 5.74) is 5.69. The first-order chi connectivity index (χ1) is 11.7. The van der Waals surface area contributed by atoms with Crippen LogP contribution in [-0.2, 0) is 5.66 Å². The van der Waals surface area contributed by atoms with E-state index >= 15 is 0 Å². The molecule has 2 aliphatic rings. The summed E-state index contributed by atoms with van der Waals surface area (Å²) in [6.45, 7) is 7.61. The van der Waals surface area contributed by atoms with Crippen molar-refractivity contribution in [3.63, 3.8) is 0 Å². The highest BCUT2D eigenvalue weighted by atomic mass is 19.3. The van der Waals surface area contributed by atoms with Crippen LogP contribution in [0.1, 0.15) is 44.9 Å². The van der Waals surface area contributed by atoms with E-state index in [2.05, 4.69) is 25.9 Å². The number of allylic oxidation sites excluding steroid dienone is 1. The van der Waals surface area contributed by atoms with Gasteiger partial charge in [-0.15, -0.1) is 0 Å². The molecule has 3 rings (SSSR count). The number of fused-ring (bicyclic) bond motifs is 1. The standard InChI is InChI=1S/C17H26F2N6/c1-16(2,3)17(20)13-10(8-12(25-17)14(18)19)9-22-15(24-13)23-11-4-6-21-7-5-11/h8-9,11,14,21,25H,4-7,20H2,1-3H3,(H,22,23,24). The Morgan fingerprint density at radius 2 is 2.00 bits per heavy atom. The number of nitrogens with one attached hydrogen (secondary N) is 3. The number of hydrogen-bond donors (Lipinski definition) is 4. The minimum atomic E-state index is -2.63. The van der Waals surface area contributed by atoms with Crippen molar-refractivity contribution in [1.29, 1.82) is 0 Å². The number of halogens is 2. The van der Waals surface area contributed by atoms with Crippen LogP contribution in [0.3, 0.4) is 0 Å². The minimum absolute atomic E-state index is 0.201. The predicted octanol–water partition coefficient (Wildman–Crippen LogP) is 2.01. The fourth-order valence-corrected chi connectivity index (χ4v) is 3.18. The van der Waals surface area contributed by atoms with Crippen LogP contribution in [0.25, 0.3) is 6.08 Å². The zero-order valence-corrected chi connectivity index (χ0v) is 14.9. The van der Waals surface area contributed by atoms with Crippen molar-refractivity contribution in [2.45, 2.75) is 51.7 Å². The molecule has 0 aromatic carbocycles. The van der Waals surface area contributed by atoms with E-state index in [0.717, 1.165) is 25.9 Å². The lowest BCUT2D eigenvalue weighted by molar-refractivity contribution is 0.113. The largest absolute Gasteiger partial charge is 0.361 e. The van der Waals surface area contributed by atoms with Gasteiger partial charge in [0.05, 0.1) is 11.4 Å². The summed E-state index contributed by atoms with van der Waals surface area (Å²) in [6, 6.07) is 0.296. The normalized spacial score (nSPS) is 24.5. The molecule has 0 saturated carbocycles. The molecule has 1 aromatic rings. The molecule has 25 heavy (non-hydrogen) atoms. The SMILES string of the molecule is CC(C)(C)C1(N)NC(C(F)F)=Cc2cnc(NC3CCNCC3)nc21. The second-order valence-electron chi connectivity index (χ2n) is 7.75. The Kier molecular flexibility index (Phi) is 4.68. The molecule has 138 valence electrons. The van der Waals surface area contributed by atoms with Crippen LogP contribution in [0.4, 0.5) is 14.7 Å². The third-order valence-corrected chi connectivity index (χ3v) is 4.93. The molecular formula is C17H26F2N6. The predicted molar refractivity (Wildman–Crippen MR) is 94.0 cm³/mol. The Balaban J connectivity index is 1.98. The summed E-state index contributed by atoms with van der Waals surface area (Å²) in [4.78, 5) is 8.91. The first kappa shape index (κ1) is 18.0. The molecular weight excluding hydrogens is 326 g/mol. The molecule has 3 heterocycles. The smallest absolute Gasteiger partial charge is 0.278 e. The molecule has 1 aromatic heterocycles. The van der Waals surface area contributed by atoms with E-state index < -0.39 is 17.5 Å². The van der Waals surface area contributed by atoms with Gasteiger partial charge >= 0.3 is 0 Å². The Bertz CT molecular complexity index is 664. The number of hydrogen-bond acceptors (Lipinski definition) is 6. The van der Waals surface area contributed by atoms with Crippen molar-refractivity contribution in [2.24, 2.45) is 11.1 Å². The number of nitrogens with zero attached hydrogens (tertiary/aromatic N) is 2. The van der Waals surface area contributed by atoms with Gasteiger partial charge in [-0.05, 0) is 32.0 Å². The Morgan fingerprint density at radius 3 is 2.60 bits per heavy atom. The molecule has 8 heteroatoms. The fraction of sp³-hybridized carbons (Fsp3) is 0.647. The molecule has 0 radical (unpaired) electrons. The van der Waals surface area contributed by atoms with Gasteiger partial charge in [-0.1, -0.05) is 20.8 Å². The van der Waals surface area contributed by atoms with Crippen molar-refractivity contribution in [3.05, 3.63) is 23.2 Å². The second kappa shape index (κ2) is 6.49. The van der Waals surface area contributed by atoms with E-state index in [1.54, 1.807) is 6.20 Å². The van der Waals surface area contributed by atoms with Gasteiger partial charge in [0.2, 0.25) is 5.95 Å². The average molecular weight is 352 g/mol. The van der Waals surface area contributed by atoms with Gasteiger partial charge < -0.3 is 21.7 Å². The van der Waals surface area contributed by atoms with Crippen molar-refractivity contribution in [1.82, 2.24) is 20.6 Å². The van der Waals surface area contributed by atoms with Gasteiger partial charge in [0, 0.05) is 23.2 Å². The number of rotatable bonds is 3. The van der Waals surface area contributed by atoms with Crippen molar-refractivity contribution >= 4 is 12.0 Å². The van der Waals surface area contributed by atoms with Gasteiger partial charge in [0.15, 0.2) is 0 Å². The summed E-state index contributed by atoms with van der Waals surface area (Å²) >= 11 is 0. The molecule has 2 aliphatic heterocycles. The molecule has 0 spiro atoms. The zero-order valence-electron chi connectivity index (χ0n) is 14.9. The van der Waals surface area contributed by atoms with Crippen LogP contribution in [0, 0.1) is 5.41 Å². The lowest BCUT2D eigenvalue weighted by Gasteiger charge is -2.45. The maximum absolute atomic E-state index is 13.3. The Hall–Kier alpha value is -1.80.